The Balaban J connectivity index is 1.70. The second kappa shape index (κ2) is 14.3. The summed E-state index contributed by atoms with van der Waals surface area (Å²) in [6.07, 6.45) is 1.17. The van der Waals surface area contributed by atoms with Crippen LogP contribution in [0.15, 0.2) is 83.8 Å². The van der Waals surface area contributed by atoms with Crippen molar-refractivity contribution in [3.05, 3.63) is 123 Å². The highest BCUT2D eigenvalue weighted by molar-refractivity contribution is 5.91. The molecule has 0 atom stereocenters. The Morgan fingerprint density at radius 1 is 0.978 bits per heavy atom. The van der Waals surface area contributed by atoms with Gasteiger partial charge in [0.1, 0.15) is 17.2 Å². The Bertz CT molecular complexity index is 1900. The molecular formula is C34H33F2N5O5. The number of aliphatic hydroxyl groups is 1. The zero-order valence-corrected chi connectivity index (χ0v) is 25.4. The minimum absolute atomic E-state index is 0.0152. The fraction of sp³-hybridized carbons (Fsp3) is 0.235. The summed E-state index contributed by atoms with van der Waals surface area (Å²) in [6.45, 7) is 1.71. The largest absolute Gasteiger partial charge is 0.462 e. The van der Waals surface area contributed by atoms with Gasteiger partial charge in [-0.3, -0.25) is 14.5 Å². The summed E-state index contributed by atoms with van der Waals surface area (Å²) in [4.78, 5) is 45.8. The highest BCUT2D eigenvalue weighted by atomic mass is 19.1. The van der Waals surface area contributed by atoms with Gasteiger partial charge in [-0.1, -0.05) is 48.5 Å². The fourth-order valence-electron chi connectivity index (χ4n) is 5.18. The molecule has 10 nitrogen and oxygen atoms in total. The van der Waals surface area contributed by atoms with Gasteiger partial charge in [0.15, 0.2) is 0 Å². The third kappa shape index (κ3) is 7.03. The summed E-state index contributed by atoms with van der Waals surface area (Å²) in [5, 5.41) is 11.8. The summed E-state index contributed by atoms with van der Waals surface area (Å²) >= 11 is 0. The lowest BCUT2D eigenvalue weighted by atomic mass is 10.1. The fourth-order valence-corrected chi connectivity index (χ4v) is 5.18. The quantitative estimate of drug-likeness (QED) is 0.194. The molecule has 5 aromatic rings. The third-order valence-electron chi connectivity index (χ3n) is 7.31. The molecule has 0 spiro atoms. The Kier molecular flexibility index (Phi) is 9.99. The van der Waals surface area contributed by atoms with Gasteiger partial charge in [-0.15, -0.1) is 0 Å². The maximum absolute atomic E-state index is 14.8. The van der Waals surface area contributed by atoms with Crippen LogP contribution >= 0.6 is 0 Å². The van der Waals surface area contributed by atoms with Gasteiger partial charge in [0.2, 0.25) is 11.7 Å². The molecule has 0 radical (unpaired) electrons. The molecule has 5 rings (SSSR count). The van der Waals surface area contributed by atoms with Crippen LogP contribution in [-0.2, 0) is 29.2 Å². The van der Waals surface area contributed by atoms with E-state index in [1.165, 1.54) is 21.2 Å². The highest BCUT2D eigenvalue weighted by Crippen LogP contribution is 2.28. The number of hydrogen-bond donors (Lipinski definition) is 2. The molecule has 0 fully saturated rings. The number of ether oxygens (including phenoxy) is 1. The molecule has 0 bridgehead atoms. The van der Waals surface area contributed by atoms with Crippen LogP contribution in [0.5, 0.6) is 0 Å². The second-order valence-electron chi connectivity index (χ2n) is 10.7. The van der Waals surface area contributed by atoms with Gasteiger partial charge in [-0.25, -0.2) is 23.0 Å². The number of halogens is 2. The summed E-state index contributed by atoms with van der Waals surface area (Å²) < 4.78 is 37.5. The zero-order valence-electron chi connectivity index (χ0n) is 25.4. The minimum atomic E-state index is -0.876. The lowest BCUT2D eigenvalue weighted by Gasteiger charge is -2.18. The number of amides is 1. The number of fused-ring (bicyclic) bond motifs is 1. The lowest BCUT2D eigenvalue weighted by Crippen LogP contribution is -2.29. The van der Waals surface area contributed by atoms with Crippen molar-refractivity contribution in [2.24, 2.45) is 0 Å². The second-order valence-corrected chi connectivity index (χ2v) is 10.7. The van der Waals surface area contributed by atoms with Crippen LogP contribution < -0.4 is 10.9 Å². The number of imidazole rings is 1. The monoisotopic (exact) mass is 629 g/mol. The van der Waals surface area contributed by atoms with Gasteiger partial charge in [0.25, 0.3) is 5.56 Å². The van der Waals surface area contributed by atoms with Gasteiger partial charge in [0.05, 0.1) is 37.6 Å². The SMILES string of the molecule is CCOC(=O)c1cn(Cc2c(F)cccc2F)c2nc(-c3ccc(NC(=O)CCO)cc3)c(CN(C)Cc3ccccc3)n2c1=O. The van der Waals surface area contributed by atoms with Crippen molar-refractivity contribution < 1.29 is 28.2 Å². The van der Waals surface area contributed by atoms with Gasteiger partial charge in [-0.2, -0.15) is 0 Å². The normalized spacial score (nSPS) is 11.3. The standard InChI is InChI=1S/C34H33F2N5O5/c1-3-46-33(45)26-20-40(19-25-27(35)10-7-11-28(25)36)34-38-31(23-12-14-24(15-13-23)37-30(43)16-17-42)29(41(34)32(26)44)21-39(2)18-22-8-5-4-6-9-22/h4-15,20,42H,3,16-19,21H2,1-2H3,(H,37,43). The molecule has 2 N–H and O–H groups in total. The average molecular weight is 630 g/mol. The first-order valence-electron chi connectivity index (χ1n) is 14.7. The van der Waals surface area contributed by atoms with Crippen molar-refractivity contribution >= 4 is 23.3 Å². The number of nitrogens with one attached hydrogen (secondary N) is 1. The molecule has 46 heavy (non-hydrogen) atoms. The molecule has 2 aromatic heterocycles. The molecule has 1 amide bonds. The summed E-state index contributed by atoms with van der Waals surface area (Å²) in [6, 6.07) is 20.0. The van der Waals surface area contributed by atoms with Gasteiger partial charge in [0, 0.05) is 36.1 Å². The smallest absolute Gasteiger partial charge is 0.345 e. The number of aliphatic hydroxyl groups excluding tert-OH is 1. The van der Waals surface area contributed by atoms with Crippen LogP contribution in [0.3, 0.4) is 0 Å². The molecule has 12 heteroatoms. The van der Waals surface area contributed by atoms with E-state index >= 15 is 0 Å². The van der Waals surface area contributed by atoms with E-state index in [9.17, 15) is 23.2 Å². The van der Waals surface area contributed by atoms with Crippen LogP contribution in [0, 0.1) is 11.6 Å². The number of anilines is 1. The lowest BCUT2D eigenvalue weighted by molar-refractivity contribution is -0.116. The maximum atomic E-state index is 14.8. The molecule has 0 saturated heterocycles. The van der Waals surface area contributed by atoms with E-state index in [2.05, 4.69) is 5.32 Å². The Morgan fingerprint density at radius 3 is 2.33 bits per heavy atom. The Morgan fingerprint density at radius 2 is 1.67 bits per heavy atom. The number of nitrogens with zero attached hydrogens (tertiary/aromatic N) is 4. The van der Waals surface area contributed by atoms with Crippen molar-refractivity contribution in [3.63, 3.8) is 0 Å². The number of aromatic nitrogens is 3. The number of carbonyl (C=O) groups excluding carboxylic acids is 2. The van der Waals surface area contributed by atoms with Gasteiger partial charge >= 0.3 is 5.97 Å². The van der Waals surface area contributed by atoms with E-state index in [-0.39, 0.29) is 55.5 Å². The maximum Gasteiger partial charge on any atom is 0.345 e. The first-order chi connectivity index (χ1) is 22.2. The molecule has 0 saturated carbocycles. The number of esters is 1. The van der Waals surface area contributed by atoms with Crippen LogP contribution in [0.1, 0.15) is 40.5 Å². The van der Waals surface area contributed by atoms with Crippen molar-refractivity contribution in [2.75, 3.05) is 25.6 Å². The summed E-state index contributed by atoms with van der Waals surface area (Å²) in [5.74, 6) is -2.74. The summed E-state index contributed by atoms with van der Waals surface area (Å²) in [5.41, 5.74) is 1.68. The first kappa shape index (κ1) is 32.2. The topological polar surface area (TPSA) is 118 Å². The van der Waals surface area contributed by atoms with E-state index in [0.717, 1.165) is 17.7 Å². The number of rotatable bonds is 12. The van der Waals surface area contributed by atoms with Crippen molar-refractivity contribution in [3.8, 4) is 11.3 Å². The van der Waals surface area contributed by atoms with E-state index in [1.54, 1.807) is 31.2 Å². The molecule has 0 aliphatic heterocycles. The molecule has 0 aliphatic rings. The Hall–Kier alpha value is -5.20. The van der Waals surface area contributed by atoms with Crippen LogP contribution in [0.4, 0.5) is 14.5 Å². The van der Waals surface area contributed by atoms with Crippen molar-refractivity contribution in [2.45, 2.75) is 33.0 Å². The number of benzene rings is 3. The minimum Gasteiger partial charge on any atom is -0.462 e. The molecule has 0 aliphatic carbocycles. The third-order valence-corrected chi connectivity index (χ3v) is 7.31. The first-order valence-corrected chi connectivity index (χ1v) is 14.7. The van der Waals surface area contributed by atoms with E-state index in [4.69, 9.17) is 14.8 Å². The molecule has 3 aromatic carbocycles. The predicted octanol–water partition coefficient (Wildman–Crippen LogP) is 4.62. The number of carbonyl (C=O) groups is 2. The summed E-state index contributed by atoms with van der Waals surface area (Å²) in [7, 11) is 1.87. The van der Waals surface area contributed by atoms with E-state index in [1.807, 2.05) is 42.3 Å². The van der Waals surface area contributed by atoms with Crippen molar-refractivity contribution in [1.82, 2.24) is 18.9 Å². The van der Waals surface area contributed by atoms with Crippen molar-refractivity contribution in [1.29, 1.82) is 0 Å². The predicted molar refractivity (Wildman–Crippen MR) is 168 cm³/mol. The number of hydrogen-bond acceptors (Lipinski definition) is 7. The van der Waals surface area contributed by atoms with Crippen LogP contribution in [0.25, 0.3) is 17.0 Å². The highest BCUT2D eigenvalue weighted by Gasteiger charge is 2.25. The Labute approximate surface area is 263 Å². The molecule has 2 heterocycles. The zero-order chi connectivity index (χ0) is 32.8. The average Bonchev–Trinajstić information content (AvgIpc) is 3.40. The molecule has 0 unspecified atom stereocenters. The van der Waals surface area contributed by atoms with Crippen LogP contribution in [0.2, 0.25) is 0 Å². The molecular weight excluding hydrogens is 596 g/mol. The van der Waals surface area contributed by atoms with Crippen LogP contribution in [-0.4, -0.2) is 56.1 Å². The molecule has 238 valence electrons. The van der Waals surface area contributed by atoms with Gasteiger partial charge < -0.3 is 19.7 Å². The van der Waals surface area contributed by atoms with Gasteiger partial charge in [-0.05, 0) is 43.8 Å². The van der Waals surface area contributed by atoms with E-state index < -0.39 is 23.2 Å². The van der Waals surface area contributed by atoms with E-state index in [0.29, 0.717) is 29.2 Å².